The van der Waals surface area contributed by atoms with Gasteiger partial charge < -0.3 is 15.2 Å². The fraction of sp³-hybridized carbons (Fsp3) is 0.957. The lowest BCUT2D eigenvalue weighted by Gasteiger charge is -2.58. The van der Waals surface area contributed by atoms with E-state index >= 15 is 0 Å². The van der Waals surface area contributed by atoms with Gasteiger partial charge >= 0.3 is 0 Å². The molecule has 0 aromatic heterocycles. The van der Waals surface area contributed by atoms with Gasteiger partial charge in [-0.15, -0.1) is 0 Å². The molecule has 0 aromatic carbocycles. The lowest BCUT2D eigenvalue weighted by molar-refractivity contribution is -0.0876. The molecule has 4 aliphatic rings. The number of allylic oxidation sites excluding steroid dienone is 1. The predicted octanol–water partition coefficient (Wildman–Crippen LogP) is 13.2. The minimum atomic E-state index is 0.0336. The highest BCUT2D eigenvalue weighted by Gasteiger charge is 2.59. The lowest BCUT2D eigenvalue weighted by atomic mass is 9.47. The molecule has 4 rings (SSSR count). The average Bonchev–Trinajstić information content (AvgIpc) is 3.44. The summed E-state index contributed by atoms with van der Waals surface area (Å²) in [6, 6.07) is 0. The van der Waals surface area contributed by atoms with Gasteiger partial charge in [-0.3, -0.25) is 0 Å². The Morgan fingerprint density at radius 2 is 1.41 bits per heavy atom. The third kappa shape index (κ3) is 11.8. The first kappa shape index (κ1) is 41.4. The molecule has 4 aliphatic carbocycles. The van der Waals surface area contributed by atoms with E-state index in [1.165, 1.54) is 154 Å². The van der Waals surface area contributed by atoms with Crippen LogP contribution in [0.1, 0.15) is 202 Å². The van der Waals surface area contributed by atoms with E-state index in [-0.39, 0.29) is 6.10 Å². The summed E-state index contributed by atoms with van der Waals surface area (Å²) in [6.45, 7) is 17.1. The zero-order valence-electron chi connectivity index (χ0n) is 33.9. The van der Waals surface area contributed by atoms with Gasteiger partial charge in [0.1, 0.15) is 0 Å². The second-order valence-corrected chi connectivity index (χ2v) is 18.8. The van der Waals surface area contributed by atoms with Crippen LogP contribution in [0.2, 0.25) is 0 Å². The highest BCUT2D eigenvalue weighted by atomic mass is 16.5. The summed E-state index contributed by atoms with van der Waals surface area (Å²) in [7, 11) is 0. The Labute approximate surface area is 306 Å². The Balaban J connectivity index is 1.11. The van der Waals surface area contributed by atoms with Crippen LogP contribution in [-0.4, -0.2) is 32.0 Å². The van der Waals surface area contributed by atoms with Gasteiger partial charge in [0, 0.05) is 13.2 Å². The third-order valence-electron chi connectivity index (χ3n) is 14.9. The molecule has 9 atom stereocenters. The first-order valence-corrected chi connectivity index (χ1v) is 22.4. The maximum absolute atomic E-state index is 6.68. The van der Waals surface area contributed by atoms with E-state index in [9.17, 15) is 0 Å². The smallest absolute Gasteiger partial charge is 0.0934 e. The number of fused-ring (bicyclic) bond motifs is 5. The predicted molar refractivity (Wildman–Crippen MR) is 212 cm³/mol. The van der Waals surface area contributed by atoms with Crippen molar-refractivity contribution in [2.45, 2.75) is 214 Å². The van der Waals surface area contributed by atoms with Gasteiger partial charge in [-0.25, -0.2) is 0 Å². The van der Waals surface area contributed by atoms with Crippen molar-refractivity contribution in [3.63, 3.8) is 0 Å². The standard InChI is InChI=1S/C46H85NO2/c1-7-8-9-10-11-12-13-14-15-16-17-18-19-20-32-48-35-40(34-47)49-39-28-30-45(5)38(33-39)24-25-41-43-27-26-42(37(4)23-21-22-36(2)3)46(43,6)31-29-44(41)45/h24,36-37,39-44H,7-23,25-35,47H2,1-6H3/t37-,39?,40?,41?,42-,43?,44?,45+,46-/m1/s1. The molecule has 49 heavy (non-hydrogen) atoms. The number of nitrogens with two attached hydrogens (primary N) is 1. The molecule has 2 N–H and O–H groups in total. The van der Waals surface area contributed by atoms with E-state index in [4.69, 9.17) is 15.2 Å². The number of hydrogen-bond donors (Lipinski definition) is 1. The Bertz CT molecular complexity index is 930. The summed E-state index contributed by atoms with van der Waals surface area (Å²) < 4.78 is 12.8. The highest BCUT2D eigenvalue weighted by Crippen LogP contribution is 2.67. The van der Waals surface area contributed by atoms with Gasteiger partial charge in [0.05, 0.1) is 18.8 Å². The minimum Gasteiger partial charge on any atom is -0.379 e. The van der Waals surface area contributed by atoms with Crippen molar-refractivity contribution in [1.29, 1.82) is 0 Å². The average molecular weight is 684 g/mol. The van der Waals surface area contributed by atoms with Crippen molar-refractivity contribution in [1.82, 2.24) is 0 Å². The molecule has 0 aliphatic heterocycles. The molecular formula is C46H85NO2. The summed E-state index contributed by atoms with van der Waals surface area (Å²) in [5.74, 6) is 5.39. The summed E-state index contributed by atoms with van der Waals surface area (Å²) in [5, 5.41) is 0. The Hall–Kier alpha value is -0.380. The third-order valence-corrected chi connectivity index (χ3v) is 14.9. The number of unbranched alkanes of at least 4 members (excludes halogenated alkanes) is 13. The number of hydrogen-bond acceptors (Lipinski definition) is 3. The molecule has 3 saturated carbocycles. The van der Waals surface area contributed by atoms with Crippen molar-refractivity contribution in [2.75, 3.05) is 19.8 Å². The second kappa shape index (κ2) is 21.4. The first-order chi connectivity index (χ1) is 23.7. The lowest BCUT2D eigenvalue weighted by Crippen LogP contribution is -2.51. The van der Waals surface area contributed by atoms with Gasteiger partial charge in [0.15, 0.2) is 0 Å². The highest BCUT2D eigenvalue weighted by molar-refractivity contribution is 5.25. The van der Waals surface area contributed by atoms with Crippen molar-refractivity contribution >= 4 is 0 Å². The molecule has 0 spiro atoms. The fourth-order valence-electron chi connectivity index (χ4n) is 11.8. The minimum absolute atomic E-state index is 0.0336. The summed E-state index contributed by atoms with van der Waals surface area (Å²) in [4.78, 5) is 0. The zero-order chi connectivity index (χ0) is 35.1. The molecule has 3 heteroatoms. The van der Waals surface area contributed by atoms with Crippen molar-refractivity contribution in [3.8, 4) is 0 Å². The molecule has 0 aromatic rings. The fourth-order valence-corrected chi connectivity index (χ4v) is 11.8. The number of rotatable bonds is 25. The molecule has 3 fully saturated rings. The molecule has 5 unspecified atom stereocenters. The van der Waals surface area contributed by atoms with Gasteiger partial charge in [-0.05, 0) is 104 Å². The SMILES string of the molecule is CCCCCCCCCCCCCCCCOCC(CN)OC1CC[C@@]2(C)C(=CCC3C2CC[C@@]2(C)C3CC[C@@H]2[C@H](C)CCCC(C)C)C1. The molecule has 0 bridgehead atoms. The van der Waals surface area contributed by atoms with E-state index < -0.39 is 0 Å². The topological polar surface area (TPSA) is 44.5 Å². The molecule has 0 heterocycles. The van der Waals surface area contributed by atoms with E-state index in [0.29, 0.717) is 30.1 Å². The van der Waals surface area contributed by atoms with Crippen LogP contribution in [0.4, 0.5) is 0 Å². The van der Waals surface area contributed by atoms with Crippen LogP contribution in [-0.2, 0) is 9.47 Å². The van der Waals surface area contributed by atoms with Crippen LogP contribution in [0.3, 0.4) is 0 Å². The van der Waals surface area contributed by atoms with Crippen LogP contribution in [0, 0.1) is 46.3 Å². The van der Waals surface area contributed by atoms with Crippen LogP contribution in [0.15, 0.2) is 11.6 Å². The van der Waals surface area contributed by atoms with E-state index in [1.807, 2.05) is 0 Å². The second-order valence-electron chi connectivity index (χ2n) is 18.8. The van der Waals surface area contributed by atoms with Gasteiger partial charge in [-0.2, -0.15) is 0 Å². The molecule has 286 valence electrons. The Morgan fingerprint density at radius 3 is 2.04 bits per heavy atom. The van der Waals surface area contributed by atoms with Crippen LogP contribution < -0.4 is 5.73 Å². The first-order valence-electron chi connectivity index (χ1n) is 22.4. The quantitative estimate of drug-likeness (QED) is 0.0769. The van der Waals surface area contributed by atoms with Crippen LogP contribution >= 0.6 is 0 Å². The molecule has 0 saturated heterocycles. The Morgan fingerprint density at radius 1 is 0.755 bits per heavy atom. The Kier molecular flexibility index (Phi) is 18.0. The van der Waals surface area contributed by atoms with Crippen molar-refractivity contribution in [3.05, 3.63) is 11.6 Å². The maximum Gasteiger partial charge on any atom is 0.0934 e. The van der Waals surface area contributed by atoms with E-state index in [1.54, 1.807) is 5.57 Å². The molecule has 0 amide bonds. The monoisotopic (exact) mass is 684 g/mol. The van der Waals surface area contributed by atoms with Gasteiger partial charge in [0.2, 0.25) is 0 Å². The van der Waals surface area contributed by atoms with Crippen molar-refractivity contribution < 1.29 is 9.47 Å². The largest absolute Gasteiger partial charge is 0.379 e. The molecular weight excluding hydrogens is 599 g/mol. The summed E-state index contributed by atoms with van der Waals surface area (Å²) in [5.41, 5.74) is 8.90. The normalized spacial score (nSPS) is 32.4. The van der Waals surface area contributed by atoms with Crippen LogP contribution in [0.25, 0.3) is 0 Å². The maximum atomic E-state index is 6.68. The zero-order valence-corrected chi connectivity index (χ0v) is 33.9. The van der Waals surface area contributed by atoms with Gasteiger partial charge in [0.25, 0.3) is 0 Å². The van der Waals surface area contributed by atoms with Gasteiger partial charge in [-0.1, -0.05) is 156 Å². The number of ether oxygens (including phenoxy) is 2. The van der Waals surface area contributed by atoms with Crippen molar-refractivity contribution in [2.24, 2.45) is 52.1 Å². The van der Waals surface area contributed by atoms with Crippen LogP contribution in [0.5, 0.6) is 0 Å². The summed E-state index contributed by atoms with van der Waals surface area (Å²) in [6.07, 6.45) is 37.6. The van der Waals surface area contributed by atoms with E-state index in [2.05, 4.69) is 47.6 Å². The molecule has 3 nitrogen and oxygen atoms in total. The molecule has 0 radical (unpaired) electrons. The van der Waals surface area contributed by atoms with E-state index in [0.717, 1.165) is 48.5 Å². The summed E-state index contributed by atoms with van der Waals surface area (Å²) >= 11 is 0.